The molecule has 2 rings (SSSR count). The number of aromatic nitrogens is 3. The van der Waals surface area contributed by atoms with Crippen molar-refractivity contribution in [2.75, 3.05) is 0 Å². The molecular weight excluding hydrogens is 250 g/mol. The summed E-state index contributed by atoms with van der Waals surface area (Å²) in [7, 11) is 0. The maximum Gasteiger partial charge on any atom is 0.163 e. The Morgan fingerprint density at radius 1 is 1.32 bits per heavy atom. The molecule has 1 unspecified atom stereocenters. The molecule has 0 saturated heterocycles. The van der Waals surface area contributed by atoms with E-state index in [1.807, 2.05) is 13.8 Å². The van der Waals surface area contributed by atoms with Crippen LogP contribution in [0.25, 0.3) is 0 Å². The van der Waals surface area contributed by atoms with Crippen molar-refractivity contribution < 1.29 is 8.78 Å². The smallest absolute Gasteiger partial charge is 0.163 e. The predicted octanol–water partition coefficient (Wildman–Crippen LogP) is 2.38. The van der Waals surface area contributed by atoms with E-state index in [4.69, 9.17) is 5.73 Å². The Balaban J connectivity index is 2.23. The van der Waals surface area contributed by atoms with Crippen molar-refractivity contribution in [3.05, 3.63) is 47.5 Å². The molecule has 2 N–H and O–H groups in total. The highest BCUT2D eigenvalue weighted by atomic mass is 19.2. The Bertz CT molecular complexity index is 566. The van der Waals surface area contributed by atoms with Gasteiger partial charge in [0.15, 0.2) is 11.6 Å². The molecule has 0 aliphatic rings. The average Bonchev–Trinajstić information content (AvgIpc) is 2.80. The van der Waals surface area contributed by atoms with Crippen molar-refractivity contribution in [1.29, 1.82) is 0 Å². The second kappa shape index (κ2) is 5.44. The molecule has 6 heteroatoms. The third kappa shape index (κ3) is 2.78. The highest BCUT2D eigenvalue weighted by Crippen LogP contribution is 2.21. The van der Waals surface area contributed by atoms with Gasteiger partial charge in [0.25, 0.3) is 0 Å². The van der Waals surface area contributed by atoms with E-state index in [0.29, 0.717) is 12.2 Å². The number of hydrogen-bond acceptors (Lipinski definition) is 3. The molecule has 0 saturated carbocycles. The maximum atomic E-state index is 13.6. The lowest BCUT2D eigenvalue weighted by Crippen LogP contribution is -2.19. The molecule has 4 nitrogen and oxygen atoms in total. The van der Waals surface area contributed by atoms with E-state index in [9.17, 15) is 8.78 Å². The number of halogens is 2. The molecule has 0 spiro atoms. The summed E-state index contributed by atoms with van der Waals surface area (Å²) in [5, 5.41) is 4.08. The van der Waals surface area contributed by atoms with Gasteiger partial charge in [-0.2, -0.15) is 5.10 Å². The summed E-state index contributed by atoms with van der Waals surface area (Å²) in [4.78, 5) is 4.11. The van der Waals surface area contributed by atoms with Crippen LogP contribution in [0.5, 0.6) is 0 Å². The van der Waals surface area contributed by atoms with Crippen LogP contribution in [-0.2, 0) is 6.42 Å². The lowest BCUT2D eigenvalue weighted by molar-refractivity contribution is 0.471. The first-order valence-electron chi connectivity index (χ1n) is 6.08. The Kier molecular flexibility index (Phi) is 3.90. The van der Waals surface area contributed by atoms with Crippen LogP contribution in [0.3, 0.4) is 0 Å². The molecule has 2 aromatic rings. The molecule has 1 atom stereocenters. The third-order valence-corrected chi connectivity index (χ3v) is 2.92. The maximum absolute atomic E-state index is 13.6. The minimum absolute atomic E-state index is 0.141. The van der Waals surface area contributed by atoms with Gasteiger partial charge in [0.05, 0.1) is 0 Å². The van der Waals surface area contributed by atoms with Gasteiger partial charge in [-0.1, -0.05) is 12.1 Å². The van der Waals surface area contributed by atoms with Crippen LogP contribution in [0, 0.1) is 11.6 Å². The van der Waals surface area contributed by atoms with Gasteiger partial charge in [-0.25, -0.2) is 18.4 Å². The number of hydrogen-bond donors (Lipinski definition) is 1. The standard InChI is InChI=1S/C13H16F2N4/c1-8(2)19-12(17-7-18-19)6-11(16)9-4-3-5-10(14)13(9)15/h3-5,7-8,11H,6,16H2,1-2H3. The summed E-state index contributed by atoms with van der Waals surface area (Å²) >= 11 is 0. The Hall–Kier alpha value is -1.82. The predicted molar refractivity (Wildman–Crippen MR) is 67.4 cm³/mol. The van der Waals surface area contributed by atoms with Crippen LogP contribution in [-0.4, -0.2) is 14.8 Å². The van der Waals surface area contributed by atoms with Crippen molar-refractivity contribution in [3.8, 4) is 0 Å². The Labute approximate surface area is 110 Å². The van der Waals surface area contributed by atoms with E-state index in [-0.39, 0.29) is 11.6 Å². The van der Waals surface area contributed by atoms with E-state index in [2.05, 4.69) is 10.1 Å². The van der Waals surface area contributed by atoms with Crippen molar-refractivity contribution >= 4 is 0 Å². The van der Waals surface area contributed by atoms with Crippen molar-refractivity contribution in [3.63, 3.8) is 0 Å². The zero-order valence-corrected chi connectivity index (χ0v) is 10.8. The highest BCUT2D eigenvalue weighted by Gasteiger charge is 2.18. The summed E-state index contributed by atoms with van der Waals surface area (Å²) in [6.45, 7) is 3.93. The third-order valence-electron chi connectivity index (χ3n) is 2.92. The fourth-order valence-corrected chi connectivity index (χ4v) is 1.97. The van der Waals surface area contributed by atoms with Crippen LogP contribution >= 0.6 is 0 Å². The topological polar surface area (TPSA) is 56.7 Å². The van der Waals surface area contributed by atoms with Crippen LogP contribution in [0.15, 0.2) is 24.5 Å². The lowest BCUT2D eigenvalue weighted by atomic mass is 10.0. The van der Waals surface area contributed by atoms with E-state index >= 15 is 0 Å². The molecule has 1 aromatic carbocycles. The summed E-state index contributed by atoms with van der Waals surface area (Å²) in [5.74, 6) is -1.13. The molecule has 1 heterocycles. The molecule has 19 heavy (non-hydrogen) atoms. The van der Waals surface area contributed by atoms with Gasteiger partial charge in [-0.05, 0) is 19.9 Å². The average molecular weight is 266 g/mol. The first-order valence-corrected chi connectivity index (χ1v) is 6.08. The van der Waals surface area contributed by atoms with Gasteiger partial charge >= 0.3 is 0 Å². The van der Waals surface area contributed by atoms with Gasteiger partial charge in [0.2, 0.25) is 0 Å². The number of nitrogens with zero attached hydrogens (tertiary/aromatic N) is 3. The minimum Gasteiger partial charge on any atom is -0.323 e. The number of rotatable bonds is 4. The highest BCUT2D eigenvalue weighted by molar-refractivity contribution is 5.23. The number of nitrogens with two attached hydrogens (primary N) is 1. The fourth-order valence-electron chi connectivity index (χ4n) is 1.97. The summed E-state index contributed by atoms with van der Waals surface area (Å²) in [5.41, 5.74) is 6.09. The summed E-state index contributed by atoms with van der Waals surface area (Å²) in [6, 6.07) is 3.49. The Morgan fingerprint density at radius 2 is 2.05 bits per heavy atom. The molecule has 102 valence electrons. The van der Waals surface area contributed by atoms with Crippen molar-refractivity contribution in [2.24, 2.45) is 5.73 Å². The molecule has 1 aromatic heterocycles. The largest absolute Gasteiger partial charge is 0.323 e. The lowest BCUT2D eigenvalue weighted by Gasteiger charge is -2.15. The summed E-state index contributed by atoms with van der Waals surface area (Å²) < 4.78 is 28.5. The molecule has 0 amide bonds. The zero-order chi connectivity index (χ0) is 14.0. The van der Waals surface area contributed by atoms with E-state index in [1.54, 1.807) is 4.68 Å². The van der Waals surface area contributed by atoms with E-state index < -0.39 is 17.7 Å². The van der Waals surface area contributed by atoms with Crippen molar-refractivity contribution in [2.45, 2.75) is 32.4 Å². The molecule has 0 fully saturated rings. The SMILES string of the molecule is CC(C)n1ncnc1CC(N)c1cccc(F)c1F. The molecule has 0 aliphatic heterocycles. The van der Waals surface area contributed by atoms with E-state index in [0.717, 1.165) is 6.07 Å². The second-order valence-electron chi connectivity index (χ2n) is 4.67. The molecule has 0 aliphatic carbocycles. The first kappa shape index (κ1) is 13.6. The van der Waals surface area contributed by atoms with Gasteiger partial charge in [0, 0.05) is 24.1 Å². The molecule has 0 radical (unpaired) electrons. The zero-order valence-electron chi connectivity index (χ0n) is 10.8. The van der Waals surface area contributed by atoms with Gasteiger partial charge in [0.1, 0.15) is 12.2 Å². The van der Waals surface area contributed by atoms with E-state index in [1.165, 1.54) is 18.5 Å². The minimum atomic E-state index is -0.898. The normalized spacial score (nSPS) is 12.9. The van der Waals surface area contributed by atoms with Gasteiger partial charge < -0.3 is 5.73 Å². The molecule has 0 bridgehead atoms. The van der Waals surface area contributed by atoms with Gasteiger partial charge in [-0.3, -0.25) is 0 Å². The second-order valence-corrected chi connectivity index (χ2v) is 4.67. The quantitative estimate of drug-likeness (QED) is 0.924. The van der Waals surface area contributed by atoms with Gasteiger partial charge in [-0.15, -0.1) is 0 Å². The first-order chi connectivity index (χ1) is 9.00. The van der Waals surface area contributed by atoms with Crippen LogP contribution in [0.4, 0.5) is 8.78 Å². The monoisotopic (exact) mass is 266 g/mol. The van der Waals surface area contributed by atoms with Crippen molar-refractivity contribution in [1.82, 2.24) is 14.8 Å². The number of benzene rings is 1. The molecular formula is C13H16F2N4. The Morgan fingerprint density at radius 3 is 2.74 bits per heavy atom. The van der Waals surface area contributed by atoms with Crippen LogP contribution in [0.1, 0.15) is 37.3 Å². The van der Waals surface area contributed by atoms with Crippen LogP contribution in [0.2, 0.25) is 0 Å². The van der Waals surface area contributed by atoms with Crippen LogP contribution < -0.4 is 5.73 Å². The summed E-state index contributed by atoms with van der Waals surface area (Å²) in [6.07, 6.45) is 1.74. The fraction of sp³-hybridized carbons (Fsp3) is 0.385.